The van der Waals surface area contributed by atoms with Crippen molar-refractivity contribution in [2.75, 3.05) is 26.7 Å². The van der Waals surface area contributed by atoms with E-state index in [2.05, 4.69) is 20.4 Å². The van der Waals surface area contributed by atoms with Crippen LogP contribution in [0, 0.1) is 0 Å². The van der Waals surface area contributed by atoms with Crippen LogP contribution in [0.25, 0.3) is 22.9 Å². The van der Waals surface area contributed by atoms with Gasteiger partial charge in [0.15, 0.2) is 0 Å². The van der Waals surface area contributed by atoms with E-state index in [-0.39, 0.29) is 0 Å². The SMILES string of the molecule is COc1ccc(Cc2ccc(OC)c(-c3nnc(SC)o3)c2)cc1-c1nnc(SC)o1. The summed E-state index contributed by atoms with van der Waals surface area (Å²) in [6, 6.07) is 11.8. The Kier molecular flexibility index (Phi) is 6.47. The molecule has 0 aliphatic carbocycles. The predicted octanol–water partition coefficient (Wildman–Crippen LogP) is 4.84. The molecule has 160 valence electrons. The van der Waals surface area contributed by atoms with Gasteiger partial charge in [0, 0.05) is 0 Å². The monoisotopic (exact) mass is 456 g/mol. The number of benzene rings is 2. The fraction of sp³-hybridized carbons (Fsp3) is 0.238. The van der Waals surface area contributed by atoms with Gasteiger partial charge in [-0.2, -0.15) is 0 Å². The third kappa shape index (κ3) is 4.54. The second kappa shape index (κ2) is 9.44. The Bertz CT molecular complexity index is 1100. The average Bonchev–Trinajstić information content (AvgIpc) is 3.48. The second-order valence-electron chi connectivity index (χ2n) is 6.40. The minimum absolute atomic E-state index is 0.425. The van der Waals surface area contributed by atoms with E-state index in [9.17, 15) is 0 Å². The van der Waals surface area contributed by atoms with Gasteiger partial charge in [-0.05, 0) is 54.3 Å². The first-order valence-corrected chi connectivity index (χ1v) is 11.7. The van der Waals surface area contributed by atoms with Crippen LogP contribution in [0.2, 0.25) is 0 Å². The third-order valence-electron chi connectivity index (χ3n) is 4.56. The van der Waals surface area contributed by atoms with E-state index in [0.29, 0.717) is 40.1 Å². The van der Waals surface area contributed by atoms with Gasteiger partial charge in [0.25, 0.3) is 22.2 Å². The summed E-state index contributed by atoms with van der Waals surface area (Å²) in [6.45, 7) is 0. The molecule has 0 amide bonds. The molecule has 0 saturated carbocycles. The van der Waals surface area contributed by atoms with Crippen LogP contribution in [0.15, 0.2) is 55.7 Å². The lowest BCUT2D eigenvalue weighted by Crippen LogP contribution is -1.95. The van der Waals surface area contributed by atoms with Crippen molar-refractivity contribution < 1.29 is 18.3 Å². The molecular formula is C21H20N4O4S2. The molecule has 0 atom stereocenters. The van der Waals surface area contributed by atoms with E-state index in [1.165, 1.54) is 23.5 Å². The lowest BCUT2D eigenvalue weighted by atomic mass is 10.00. The van der Waals surface area contributed by atoms with Gasteiger partial charge in [0.1, 0.15) is 11.5 Å². The number of methoxy groups -OCH3 is 2. The molecule has 2 aromatic carbocycles. The molecular weight excluding hydrogens is 436 g/mol. The van der Waals surface area contributed by atoms with Crippen LogP contribution in [0.4, 0.5) is 0 Å². The fourth-order valence-corrected chi connectivity index (χ4v) is 3.67. The summed E-state index contributed by atoms with van der Waals surface area (Å²) in [5, 5.41) is 17.3. The third-order valence-corrected chi connectivity index (χ3v) is 5.59. The molecule has 4 aromatic rings. The molecule has 0 saturated heterocycles. The molecule has 10 heteroatoms. The largest absolute Gasteiger partial charge is 0.496 e. The normalized spacial score (nSPS) is 11.0. The van der Waals surface area contributed by atoms with Crippen LogP contribution < -0.4 is 9.47 Å². The number of hydrogen-bond acceptors (Lipinski definition) is 10. The molecule has 2 heterocycles. The highest BCUT2D eigenvalue weighted by molar-refractivity contribution is 7.98. The number of aromatic nitrogens is 4. The van der Waals surface area contributed by atoms with Crippen LogP contribution in [0.3, 0.4) is 0 Å². The zero-order valence-corrected chi connectivity index (χ0v) is 19.0. The van der Waals surface area contributed by atoms with Gasteiger partial charge in [0.05, 0.1) is 25.3 Å². The van der Waals surface area contributed by atoms with Crippen molar-refractivity contribution in [1.29, 1.82) is 0 Å². The molecule has 0 aliphatic rings. The first kappa shape index (κ1) is 21.3. The molecule has 0 N–H and O–H groups in total. The summed E-state index contributed by atoms with van der Waals surface area (Å²) >= 11 is 2.79. The topological polar surface area (TPSA) is 96.3 Å². The average molecular weight is 457 g/mol. The van der Waals surface area contributed by atoms with E-state index < -0.39 is 0 Å². The minimum Gasteiger partial charge on any atom is -0.496 e. The Morgan fingerprint density at radius 2 is 1.16 bits per heavy atom. The quantitative estimate of drug-likeness (QED) is 0.343. The zero-order chi connectivity index (χ0) is 21.8. The first-order valence-electron chi connectivity index (χ1n) is 9.24. The van der Waals surface area contributed by atoms with Gasteiger partial charge in [-0.15, -0.1) is 20.4 Å². The number of thioether (sulfide) groups is 2. The molecule has 2 aromatic heterocycles. The predicted molar refractivity (Wildman–Crippen MR) is 119 cm³/mol. The molecule has 0 spiro atoms. The van der Waals surface area contributed by atoms with Crippen molar-refractivity contribution in [1.82, 2.24) is 20.4 Å². The Morgan fingerprint density at radius 3 is 1.52 bits per heavy atom. The maximum atomic E-state index is 5.70. The van der Waals surface area contributed by atoms with Crippen molar-refractivity contribution in [3.05, 3.63) is 47.5 Å². The summed E-state index contributed by atoms with van der Waals surface area (Å²) in [4.78, 5) is 0. The summed E-state index contributed by atoms with van der Waals surface area (Å²) in [5.41, 5.74) is 3.63. The standard InChI is InChI=1S/C21H20N4O4S2/c1-26-16-7-5-12(10-14(16)18-22-24-20(28-18)30-3)9-13-6-8-17(27-2)15(11-13)19-23-25-21(29-19)31-4/h5-8,10-11H,9H2,1-4H3. The fourth-order valence-electron chi connectivity index (χ4n) is 3.10. The number of ether oxygens (including phenoxy) is 2. The molecule has 4 rings (SSSR count). The van der Waals surface area contributed by atoms with Crippen molar-refractivity contribution in [2.24, 2.45) is 0 Å². The maximum absolute atomic E-state index is 5.70. The van der Waals surface area contributed by atoms with E-state index in [1.807, 2.05) is 48.9 Å². The van der Waals surface area contributed by atoms with E-state index in [0.717, 1.165) is 22.3 Å². The van der Waals surface area contributed by atoms with E-state index >= 15 is 0 Å². The van der Waals surface area contributed by atoms with Gasteiger partial charge in [0.2, 0.25) is 0 Å². The van der Waals surface area contributed by atoms with Crippen LogP contribution in [0.5, 0.6) is 11.5 Å². The molecule has 0 aliphatic heterocycles. The van der Waals surface area contributed by atoms with Gasteiger partial charge in [-0.25, -0.2) is 0 Å². The Balaban J connectivity index is 1.67. The highest BCUT2D eigenvalue weighted by Crippen LogP contribution is 2.34. The first-order chi connectivity index (χ1) is 15.1. The number of rotatable bonds is 8. The zero-order valence-electron chi connectivity index (χ0n) is 17.4. The van der Waals surface area contributed by atoms with Gasteiger partial charge in [-0.3, -0.25) is 0 Å². The minimum atomic E-state index is 0.425. The van der Waals surface area contributed by atoms with E-state index in [4.69, 9.17) is 18.3 Å². The maximum Gasteiger partial charge on any atom is 0.276 e. The second-order valence-corrected chi connectivity index (χ2v) is 7.92. The van der Waals surface area contributed by atoms with Crippen molar-refractivity contribution in [3.8, 4) is 34.4 Å². The highest BCUT2D eigenvalue weighted by Gasteiger charge is 2.17. The van der Waals surface area contributed by atoms with Gasteiger partial charge in [-0.1, -0.05) is 35.7 Å². The molecule has 0 unspecified atom stereocenters. The number of nitrogens with zero attached hydrogens (tertiary/aromatic N) is 4. The summed E-state index contributed by atoms with van der Waals surface area (Å²) in [5.74, 6) is 2.19. The van der Waals surface area contributed by atoms with Crippen LogP contribution >= 0.6 is 23.5 Å². The Hall–Kier alpha value is -2.98. The highest BCUT2D eigenvalue weighted by atomic mass is 32.2. The van der Waals surface area contributed by atoms with Crippen molar-refractivity contribution in [2.45, 2.75) is 16.9 Å². The molecule has 0 radical (unpaired) electrons. The van der Waals surface area contributed by atoms with Crippen LogP contribution in [0.1, 0.15) is 11.1 Å². The number of hydrogen-bond donors (Lipinski definition) is 0. The van der Waals surface area contributed by atoms with Crippen LogP contribution in [-0.4, -0.2) is 47.1 Å². The summed E-state index contributed by atoms with van der Waals surface area (Å²) in [6.07, 6.45) is 4.44. The van der Waals surface area contributed by atoms with Crippen LogP contribution in [-0.2, 0) is 6.42 Å². The molecule has 0 bridgehead atoms. The summed E-state index contributed by atoms with van der Waals surface area (Å²) in [7, 11) is 3.24. The smallest absolute Gasteiger partial charge is 0.276 e. The van der Waals surface area contributed by atoms with Crippen molar-refractivity contribution in [3.63, 3.8) is 0 Å². The van der Waals surface area contributed by atoms with Gasteiger partial charge >= 0.3 is 0 Å². The van der Waals surface area contributed by atoms with Crippen molar-refractivity contribution >= 4 is 23.5 Å². The van der Waals surface area contributed by atoms with E-state index in [1.54, 1.807) is 14.2 Å². The van der Waals surface area contributed by atoms with Gasteiger partial charge < -0.3 is 18.3 Å². The summed E-state index contributed by atoms with van der Waals surface area (Å²) < 4.78 is 22.4. The molecule has 31 heavy (non-hydrogen) atoms. The molecule has 0 fully saturated rings. The Morgan fingerprint density at radius 1 is 0.710 bits per heavy atom. The molecule has 8 nitrogen and oxygen atoms in total. The lowest BCUT2D eigenvalue weighted by Gasteiger charge is -2.10. The lowest BCUT2D eigenvalue weighted by molar-refractivity contribution is 0.411. The Labute approximate surface area is 187 Å².